The maximum absolute atomic E-state index is 5.72. The zero-order valence-electron chi connectivity index (χ0n) is 10.6. The van der Waals surface area contributed by atoms with E-state index in [1.807, 2.05) is 0 Å². The van der Waals surface area contributed by atoms with Crippen molar-refractivity contribution in [2.45, 2.75) is 32.2 Å². The van der Waals surface area contributed by atoms with Crippen molar-refractivity contribution in [1.82, 2.24) is 19.9 Å². The van der Waals surface area contributed by atoms with Gasteiger partial charge in [0.05, 0.1) is 0 Å². The molecule has 0 radical (unpaired) electrons. The average molecular weight is 271 g/mol. The number of nitrogens with two attached hydrogens (primary N) is 1. The van der Waals surface area contributed by atoms with Crippen molar-refractivity contribution in [2.75, 3.05) is 30.7 Å². The normalized spacial score (nSPS) is 18.6. The summed E-state index contributed by atoms with van der Waals surface area (Å²) in [4.78, 5) is 14.2. The highest BCUT2D eigenvalue weighted by Gasteiger charge is 2.16. The van der Waals surface area contributed by atoms with Crippen molar-refractivity contribution in [3.63, 3.8) is 0 Å². The van der Waals surface area contributed by atoms with E-state index in [9.17, 15) is 0 Å². The van der Waals surface area contributed by atoms with Crippen molar-refractivity contribution in [1.29, 1.82) is 0 Å². The predicted molar refractivity (Wildman–Crippen MR) is 72.6 cm³/mol. The Bertz CT molecular complexity index is 373. The highest BCUT2D eigenvalue weighted by molar-refractivity contribution is 6.28. The first-order valence-corrected chi connectivity index (χ1v) is 6.68. The van der Waals surface area contributed by atoms with E-state index in [0.717, 1.165) is 6.54 Å². The zero-order chi connectivity index (χ0) is 13.0. The number of hydrogen-bond acceptors (Lipinski definition) is 6. The fourth-order valence-corrected chi connectivity index (χ4v) is 2.34. The van der Waals surface area contributed by atoms with Crippen LogP contribution in [0.1, 0.15) is 26.2 Å². The number of nitrogens with one attached hydrogen (secondary N) is 1. The summed E-state index contributed by atoms with van der Waals surface area (Å²) in [5, 5.41) is 3.28. The second-order valence-corrected chi connectivity index (χ2v) is 4.95. The number of anilines is 2. The molecule has 0 bridgehead atoms. The van der Waals surface area contributed by atoms with Crippen LogP contribution in [0.3, 0.4) is 0 Å². The lowest BCUT2D eigenvalue weighted by Crippen LogP contribution is -2.41. The van der Waals surface area contributed by atoms with Crippen LogP contribution in [-0.2, 0) is 0 Å². The molecule has 1 fully saturated rings. The number of nitrogen functional groups attached to an aromatic ring is 1. The van der Waals surface area contributed by atoms with Gasteiger partial charge in [0.15, 0.2) is 0 Å². The van der Waals surface area contributed by atoms with Gasteiger partial charge < -0.3 is 11.1 Å². The van der Waals surface area contributed by atoms with Crippen LogP contribution >= 0.6 is 11.6 Å². The van der Waals surface area contributed by atoms with Gasteiger partial charge in [0.2, 0.25) is 17.2 Å². The Morgan fingerprint density at radius 3 is 2.67 bits per heavy atom. The summed E-state index contributed by atoms with van der Waals surface area (Å²) >= 11 is 5.72. The van der Waals surface area contributed by atoms with Gasteiger partial charge in [-0.15, -0.1) is 0 Å². The molecular weight excluding hydrogens is 252 g/mol. The third kappa shape index (κ3) is 3.68. The monoisotopic (exact) mass is 270 g/mol. The van der Waals surface area contributed by atoms with Gasteiger partial charge in [-0.1, -0.05) is 6.42 Å². The molecule has 100 valence electrons. The lowest BCUT2D eigenvalue weighted by Gasteiger charge is -2.32. The zero-order valence-corrected chi connectivity index (χ0v) is 11.3. The third-order valence-corrected chi connectivity index (χ3v) is 3.36. The average Bonchev–Trinajstić information content (AvgIpc) is 2.36. The lowest BCUT2D eigenvalue weighted by molar-refractivity contribution is 0.180. The smallest absolute Gasteiger partial charge is 0.228 e. The highest BCUT2D eigenvalue weighted by atomic mass is 35.5. The van der Waals surface area contributed by atoms with E-state index >= 15 is 0 Å². The Hall–Kier alpha value is -1.14. The van der Waals surface area contributed by atoms with Crippen LogP contribution in [-0.4, -0.2) is 45.5 Å². The molecular formula is C11H19ClN6. The molecule has 0 spiro atoms. The van der Waals surface area contributed by atoms with Gasteiger partial charge in [-0.3, -0.25) is 4.90 Å². The Balaban J connectivity index is 1.86. The van der Waals surface area contributed by atoms with Gasteiger partial charge in [-0.05, 0) is 44.5 Å². The molecule has 1 unspecified atom stereocenters. The van der Waals surface area contributed by atoms with Gasteiger partial charge >= 0.3 is 0 Å². The molecule has 1 saturated heterocycles. The summed E-state index contributed by atoms with van der Waals surface area (Å²) in [7, 11) is 0. The van der Waals surface area contributed by atoms with Crippen LogP contribution in [0.25, 0.3) is 0 Å². The molecule has 0 amide bonds. The molecule has 2 rings (SSSR count). The van der Waals surface area contributed by atoms with E-state index in [0.29, 0.717) is 12.0 Å². The maximum Gasteiger partial charge on any atom is 0.228 e. The maximum atomic E-state index is 5.72. The first-order chi connectivity index (χ1) is 8.65. The lowest BCUT2D eigenvalue weighted by atomic mass is 10.1. The van der Waals surface area contributed by atoms with E-state index in [-0.39, 0.29) is 11.2 Å². The van der Waals surface area contributed by atoms with Gasteiger partial charge in [0.1, 0.15) is 0 Å². The van der Waals surface area contributed by atoms with E-state index in [1.165, 1.54) is 32.4 Å². The number of piperidine rings is 1. The van der Waals surface area contributed by atoms with Crippen molar-refractivity contribution in [2.24, 2.45) is 0 Å². The number of aromatic nitrogens is 3. The van der Waals surface area contributed by atoms with Crippen LogP contribution < -0.4 is 11.1 Å². The Morgan fingerprint density at radius 2 is 2.00 bits per heavy atom. The third-order valence-electron chi connectivity index (χ3n) is 3.20. The molecule has 2 heterocycles. The summed E-state index contributed by atoms with van der Waals surface area (Å²) in [5.41, 5.74) is 5.51. The fraction of sp³-hybridized carbons (Fsp3) is 0.727. The molecule has 1 aromatic rings. The summed E-state index contributed by atoms with van der Waals surface area (Å²) in [6.07, 6.45) is 3.92. The molecule has 0 aromatic carbocycles. The molecule has 6 nitrogen and oxygen atoms in total. The van der Waals surface area contributed by atoms with Crippen molar-refractivity contribution < 1.29 is 0 Å². The van der Waals surface area contributed by atoms with Crippen LogP contribution in [0.4, 0.5) is 11.9 Å². The first-order valence-electron chi connectivity index (χ1n) is 6.30. The Labute approximate surface area is 112 Å². The summed E-state index contributed by atoms with van der Waals surface area (Å²) in [5.74, 6) is 0.583. The molecule has 1 atom stereocenters. The quantitative estimate of drug-likeness (QED) is 0.861. The molecule has 1 aliphatic rings. The number of hydrogen-bond donors (Lipinski definition) is 2. The molecule has 1 aliphatic heterocycles. The van der Waals surface area contributed by atoms with Crippen LogP contribution in [0.5, 0.6) is 0 Å². The minimum Gasteiger partial charge on any atom is -0.368 e. The molecule has 0 saturated carbocycles. The van der Waals surface area contributed by atoms with E-state index in [4.69, 9.17) is 17.3 Å². The van der Waals surface area contributed by atoms with Gasteiger partial charge in [0.25, 0.3) is 0 Å². The van der Waals surface area contributed by atoms with Gasteiger partial charge in [0, 0.05) is 12.6 Å². The fourth-order valence-electron chi connectivity index (χ4n) is 2.17. The summed E-state index contributed by atoms with van der Waals surface area (Å²) < 4.78 is 0. The molecule has 18 heavy (non-hydrogen) atoms. The Morgan fingerprint density at radius 1 is 1.28 bits per heavy atom. The van der Waals surface area contributed by atoms with Crippen molar-refractivity contribution in [3.05, 3.63) is 5.28 Å². The predicted octanol–water partition coefficient (Wildman–Crippen LogP) is 1.39. The molecule has 3 N–H and O–H groups in total. The topological polar surface area (TPSA) is 80.0 Å². The largest absolute Gasteiger partial charge is 0.368 e. The first kappa shape index (κ1) is 13.3. The summed E-state index contributed by atoms with van der Waals surface area (Å²) in [6, 6.07) is 0.446. The van der Waals surface area contributed by atoms with Gasteiger partial charge in [-0.25, -0.2) is 0 Å². The van der Waals surface area contributed by atoms with E-state index < -0.39 is 0 Å². The molecule has 0 aliphatic carbocycles. The molecule has 1 aromatic heterocycles. The minimum absolute atomic E-state index is 0.121. The second kappa shape index (κ2) is 6.15. The Kier molecular flexibility index (Phi) is 4.54. The standard InChI is InChI=1S/C11H19ClN6/c1-8(18-5-3-2-4-6-18)7-14-11-16-9(12)15-10(13)17-11/h8H,2-7H2,1H3,(H3,13,14,15,16,17). The SMILES string of the molecule is CC(CNc1nc(N)nc(Cl)n1)N1CCCCC1. The van der Waals surface area contributed by atoms with Gasteiger partial charge in [-0.2, -0.15) is 15.0 Å². The van der Waals surface area contributed by atoms with Crippen LogP contribution in [0, 0.1) is 0 Å². The van der Waals surface area contributed by atoms with Crippen molar-refractivity contribution in [3.8, 4) is 0 Å². The van der Waals surface area contributed by atoms with E-state index in [2.05, 4.69) is 32.1 Å². The van der Waals surface area contributed by atoms with Crippen LogP contribution in [0.15, 0.2) is 0 Å². The number of rotatable bonds is 4. The summed E-state index contributed by atoms with van der Waals surface area (Å²) in [6.45, 7) is 5.32. The van der Waals surface area contributed by atoms with Crippen molar-refractivity contribution >= 4 is 23.5 Å². The number of likely N-dealkylation sites (tertiary alicyclic amines) is 1. The number of halogens is 1. The van der Waals surface area contributed by atoms with Crippen LogP contribution in [0.2, 0.25) is 5.28 Å². The molecule has 7 heteroatoms. The minimum atomic E-state index is 0.121. The van der Waals surface area contributed by atoms with E-state index in [1.54, 1.807) is 0 Å². The number of nitrogens with zero attached hydrogens (tertiary/aromatic N) is 4. The highest BCUT2D eigenvalue weighted by Crippen LogP contribution is 2.13. The second-order valence-electron chi connectivity index (χ2n) is 4.61.